The summed E-state index contributed by atoms with van der Waals surface area (Å²) in [5.74, 6) is -0.503. The Morgan fingerprint density at radius 1 is 1.40 bits per heavy atom. The molecule has 4 heteroatoms. The van der Waals surface area contributed by atoms with Crippen LogP contribution in [0.25, 0.3) is 0 Å². The van der Waals surface area contributed by atoms with E-state index in [4.69, 9.17) is 5.11 Å². The van der Waals surface area contributed by atoms with Crippen molar-refractivity contribution in [3.8, 4) is 0 Å². The van der Waals surface area contributed by atoms with Gasteiger partial charge in [0, 0.05) is 13.2 Å². The summed E-state index contributed by atoms with van der Waals surface area (Å²) in [4.78, 5) is 12.1. The van der Waals surface area contributed by atoms with E-state index in [-0.39, 0.29) is 24.2 Å². The van der Waals surface area contributed by atoms with Gasteiger partial charge in [-0.25, -0.2) is 4.39 Å². The minimum Gasteiger partial charge on any atom is -0.396 e. The van der Waals surface area contributed by atoms with Crippen molar-refractivity contribution >= 4 is 5.91 Å². The third kappa shape index (κ3) is 5.29. The van der Waals surface area contributed by atoms with Gasteiger partial charge in [-0.15, -0.1) is 0 Å². The quantitative estimate of drug-likeness (QED) is 0.770. The highest BCUT2D eigenvalue weighted by molar-refractivity contribution is 5.83. The van der Waals surface area contributed by atoms with E-state index in [1.807, 2.05) is 0 Å². The zero-order valence-corrected chi connectivity index (χ0v) is 12.2. The molecule has 1 rings (SSSR count). The molecule has 0 heterocycles. The molecule has 2 N–H and O–H groups in total. The molecule has 0 aliphatic heterocycles. The van der Waals surface area contributed by atoms with Crippen molar-refractivity contribution < 1.29 is 14.3 Å². The van der Waals surface area contributed by atoms with Crippen LogP contribution in [0.4, 0.5) is 4.39 Å². The van der Waals surface area contributed by atoms with Gasteiger partial charge in [0.25, 0.3) is 0 Å². The summed E-state index contributed by atoms with van der Waals surface area (Å²) >= 11 is 0. The van der Waals surface area contributed by atoms with Crippen LogP contribution in [-0.4, -0.2) is 24.2 Å². The predicted molar refractivity (Wildman–Crippen MR) is 77.9 cm³/mol. The maximum absolute atomic E-state index is 13.1. The Balaban J connectivity index is 2.53. The third-order valence-electron chi connectivity index (χ3n) is 3.54. The van der Waals surface area contributed by atoms with Crippen molar-refractivity contribution in [3.05, 3.63) is 35.6 Å². The first-order chi connectivity index (χ1) is 9.58. The lowest BCUT2D eigenvalue weighted by atomic mass is 9.98. The lowest BCUT2D eigenvalue weighted by molar-refractivity contribution is -0.122. The molecular formula is C16H24FNO2. The largest absolute Gasteiger partial charge is 0.396 e. The number of aliphatic hydroxyl groups is 1. The Morgan fingerprint density at radius 3 is 2.75 bits per heavy atom. The molecule has 3 nitrogen and oxygen atoms in total. The molecule has 0 fully saturated rings. The van der Waals surface area contributed by atoms with Crippen LogP contribution in [0.5, 0.6) is 0 Å². The predicted octanol–water partition coefficient (Wildman–Crippen LogP) is 2.84. The topological polar surface area (TPSA) is 49.3 Å². The van der Waals surface area contributed by atoms with Gasteiger partial charge in [0.1, 0.15) is 5.82 Å². The van der Waals surface area contributed by atoms with Gasteiger partial charge >= 0.3 is 0 Å². The van der Waals surface area contributed by atoms with E-state index in [0.717, 1.165) is 12.8 Å². The van der Waals surface area contributed by atoms with Crippen LogP contribution < -0.4 is 5.32 Å². The Labute approximate surface area is 120 Å². The maximum atomic E-state index is 13.1. The van der Waals surface area contributed by atoms with E-state index in [2.05, 4.69) is 12.2 Å². The van der Waals surface area contributed by atoms with Gasteiger partial charge in [-0.05, 0) is 43.4 Å². The highest BCUT2D eigenvalue weighted by Gasteiger charge is 2.17. The van der Waals surface area contributed by atoms with Crippen LogP contribution in [-0.2, 0) is 4.79 Å². The Bertz CT molecular complexity index is 417. The summed E-state index contributed by atoms with van der Waals surface area (Å²) in [5.41, 5.74) is 0.677. The molecule has 1 amide bonds. The number of hydrogen-bond donors (Lipinski definition) is 2. The summed E-state index contributed by atoms with van der Waals surface area (Å²) in [6.45, 7) is 4.55. The Morgan fingerprint density at radius 2 is 2.15 bits per heavy atom. The van der Waals surface area contributed by atoms with Gasteiger partial charge in [-0.1, -0.05) is 25.5 Å². The first-order valence-electron chi connectivity index (χ1n) is 7.22. The van der Waals surface area contributed by atoms with Crippen molar-refractivity contribution in [3.63, 3.8) is 0 Å². The second-order valence-corrected chi connectivity index (χ2v) is 5.19. The molecule has 1 aromatic carbocycles. The van der Waals surface area contributed by atoms with Gasteiger partial charge in [0.15, 0.2) is 0 Å². The minimum absolute atomic E-state index is 0.102. The number of aliphatic hydroxyl groups excluding tert-OH is 1. The first-order valence-corrected chi connectivity index (χ1v) is 7.22. The normalized spacial score (nSPS) is 13.8. The van der Waals surface area contributed by atoms with Crippen LogP contribution in [0.2, 0.25) is 0 Å². The standard InChI is InChI=1S/C16H24FNO2/c1-3-5-13(8-9-19)11-18-16(20)12(2)14-6-4-7-15(17)10-14/h4,6-7,10,12-13,19H,3,5,8-9,11H2,1-2H3,(H,18,20). The number of carbonyl (C=O) groups is 1. The van der Waals surface area contributed by atoms with E-state index in [0.29, 0.717) is 24.4 Å². The molecule has 0 aliphatic rings. The molecule has 2 atom stereocenters. The highest BCUT2D eigenvalue weighted by Crippen LogP contribution is 2.17. The number of carbonyl (C=O) groups excluding carboxylic acids is 1. The van der Waals surface area contributed by atoms with Crippen molar-refractivity contribution in [1.82, 2.24) is 5.32 Å². The van der Waals surface area contributed by atoms with Crippen LogP contribution in [0.15, 0.2) is 24.3 Å². The van der Waals surface area contributed by atoms with Gasteiger partial charge in [-0.3, -0.25) is 4.79 Å². The van der Waals surface area contributed by atoms with Crippen molar-refractivity contribution in [2.24, 2.45) is 5.92 Å². The molecule has 0 bridgehead atoms. The summed E-state index contributed by atoms with van der Waals surface area (Å²) in [7, 11) is 0. The lowest BCUT2D eigenvalue weighted by Crippen LogP contribution is -2.32. The molecule has 0 radical (unpaired) electrons. The van der Waals surface area contributed by atoms with E-state index >= 15 is 0 Å². The number of rotatable bonds is 8. The SMILES string of the molecule is CCCC(CCO)CNC(=O)C(C)c1cccc(F)c1. The summed E-state index contributed by atoms with van der Waals surface area (Å²) in [5, 5.41) is 11.9. The fourth-order valence-electron chi connectivity index (χ4n) is 2.26. The summed E-state index contributed by atoms with van der Waals surface area (Å²) < 4.78 is 13.1. The monoisotopic (exact) mass is 281 g/mol. The molecule has 0 aliphatic carbocycles. The molecule has 0 saturated heterocycles. The summed E-state index contributed by atoms with van der Waals surface area (Å²) in [6.07, 6.45) is 2.71. The van der Waals surface area contributed by atoms with Crippen LogP contribution >= 0.6 is 0 Å². The zero-order valence-electron chi connectivity index (χ0n) is 12.2. The first kappa shape index (κ1) is 16.6. The third-order valence-corrected chi connectivity index (χ3v) is 3.54. The average Bonchev–Trinajstić information content (AvgIpc) is 2.44. The number of nitrogens with one attached hydrogen (secondary N) is 1. The number of benzene rings is 1. The maximum Gasteiger partial charge on any atom is 0.227 e. The second-order valence-electron chi connectivity index (χ2n) is 5.19. The average molecular weight is 281 g/mol. The number of hydrogen-bond acceptors (Lipinski definition) is 2. The van der Waals surface area contributed by atoms with E-state index in [1.165, 1.54) is 12.1 Å². The number of halogens is 1. The fraction of sp³-hybridized carbons (Fsp3) is 0.562. The molecule has 1 aromatic rings. The molecule has 112 valence electrons. The molecule has 0 aromatic heterocycles. The van der Waals surface area contributed by atoms with Crippen LogP contribution in [0, 0.1) is 11.7 Å². The van der Waals surface area contributed by atoms with E-state index in [1.54, 1.807) is 19.1 Å². The van der Waals surface area contributed by atoms with Crippen molar-refractivity contribution in [2.45, 2.75) is 39.0 Å². The minimum atomic E-state index is -0.373. The Kier molecular flexibility index (Phi) is 7.23. The van der Waals surface area contributed by atoms with Crippen LogP contribution in [0.3, 0.4) is 0 Å². The molecule has 20 heavy (non-hydrogen) atoms. The van der Waals surface area contributed by atoms with Crippen molar-refractivity contribution in [1.29, 1.82) is 0 Å². The van der Waals surface area contributed by atoms with Gasteiger partial charge in [0.05, 0.1) is 5.92 Å². The van der Waals surface area contributed by atoms with E-state index in [9.17, 15) is 9.18 Å². The fourth-order valence-corrected chi connectivity index (χ4v) is 2.26. The van der Waals surface area contributed by atoms with Gasteiger partial charge in [-0.2, -0.15) is 0 Å². The van der Waals surface area contributed by atoms with Gasteiger partial charge in [0.2, 0.25) is 5.91 Å². The second kappa shape index (κ2) is 8.69. The van der Waals surface area contributed by atoms with Crippen LogP contribution in [0.1, 0.15) is 44.6 Å². The number of amides is 1. The zero-order chi connectivity index (χ0) is 15.0. The lowest BCUT2D eigenvalue weighted by Gasteiger charge is -2.18. The highest BCUT2D eigenvalue weighted by atomic mass is 19.1. The summed E-state index contributed by atoms with van der Waals surface area (Å²) in [6, 6.07) is 6.12. The van der Waals surface area contributed by atoms with E-state index < -0.39 is 0 Å². The molecule has 0 saturated carbocycles. The molecule has 2 unspecified atom stereocenters. The van der Waals surface area contributed by atoms with Crippen molar-refractivity contribution in [2.75, 3.05) is 13.2 Å². The Hall–Kier alpha value is -1.42. The smallest absolute Gasteiger partial charge is 0.227 e. The molecular weight excluding hydrogens is 257 g/mol. The molecule has 0 spiro atoms. The van der Waals surface area contributed by atoms with Gasteiger partial charge < -0.3 is 10.4 Å².